The van der Waals surface area contributed by atoms with Crippen LogP contribution in [0.1, 0.15) is 40.3 Å². The highest BCUT2D eigenvalue weighted by Crippen LogP contribution is 2.42. The maximum Gasteiger partial charge on any atom is 0.236 e. The smallest absolute Gasteiger partial charge is 0.236 e. The lowest BCUT2D eigenvalue weighted by molar-refractivity contribution is 0.301. The lowest BCUT2D eigenvalue weighted by atomic mass is 9.91. The third kappa shape index (κ3) is 6.14. The second-order valence-electron chi connectivity index (χ2n) is 8.02. The number of hydrogen-bond donors (Lipinski definition) is 1. The summed E-state index contributed by atoms with van der Waals surface area (Å²) in [7, 11) is -3.46. The first-order valence-corrected chi connectivity index (χ1v) is 13.6. The van der Waals surface area contributed by atoms with Crippen LogP contribution in [0.2, 0.25) is 5.02 Å². The summed E-state index contributed by atoms with van der Waals surface area (Å²) in [5.41, 5.74) is 4.21. The number of hydrogen-bond acceptors (Lipinski definition) is 7. The molecule has 1 aliphatic carbocycles. The van der Waals surface area contributed by atoms with Gasteiger partial charge in [0.1, 0.15) is 25.0 Å². The van der Waals surface area contributed by atoms with Crippen molar-refractivity contribution >= 4 is 39.2 Å². The molecule has 1 aromatic heterocycles. The van der Waals surface area contributed by atoms with Crippen molar-refractivity contribution in [1.82, 2.24) is 9.97 Å². The van der Waals surface area contributed by atoms with Crippen LogP contribution in [0.5, 0.6) is 11.5 Å². The van der Waals surface area contributed by atoms with Crippen LogP contribution in [0.4, 0.5) is 5.95 Å². The molecule has 0 saturated carbocycles. The molecular weight excluding hydrogens is 511 g/mol. The van der Waals surface area contributed by atoms with Gasteiger partial charge >= 0.3 is 0 Å². The Kier molecular flexibility index (Phi) is 7.65. The summed E-state index contributed by atoms with van der Waals surface area (Å²) in [5, 5.41) is 9.98. The largest absolute Gasteiger partial charge is 0.489 e. The molecule has 11 heteroatoms. The number of anilines is 1. The number of sulfonamides is 1. The van der Waals surface area contributed by atoms with E-state index in [0.29, 0.717) is 33.7 Å². The zero-order chi connectivity index (χ0) is 25.0. The van der Waals surface area contributed by atoms with Crippen molar-refractivity contribution in [2.45, 2.75) is 25.4 Å². The Labute approximate surface area is 213 Å². The van der Waals surface area contributed by atoms with E-state index in [2.05, 4.69) is 20.8 Å². The fraction of sp³-hybridized carbons (Fsp3) is 0.292. The Bertz CT molecular complexity index is 1390. The van der Waals surface area contributed by atoms with Crippen molar-refractivity contribution in [3.8, 4) is 17.6 Å². The van der Waals surface area contributed by atoms with Crippen LogP contribution in [0.15, 0.2) is 42.6 Å². The number of fused-ring (bicyclic) bond motifs is 1. The van der Waals surface area contributed by atoms with Crippen molar-refractivity contribution in [1.29, 1.82) is 5.26 Å². The number of aryl methyl sites for hydroxylation is 1. The quantitative estimate of drug-likeness (QED) is 0.399. The average molecular weight is 533 g/mol. The maximum atomic E-state index is 11.4. The highest BCUT2D eigenvalue weighted by molar-refractivity contribution is 7.91. The van der Waals surface area contributed by atoms with Gasteiger partial charge in [-0.15, -0.1) is 11.6 Å². The molecule has 0 bridgehead atoms. The van der Waals surface area contributed by atoms with Crippen molar-refractivity contribution in [3.05, 3.63) is 75.6 Å². The Morgan fingerprint density at radius 1 is 1.23 bits per heavy atom. The predicted octanol–water partition coefficient (Wildman–Crippen LogP) is 4.65. The average Bonchev–Trinajstić information content (AvgIpc) is 3.24. The van der Waals surface area contributed by atoms with Gasteiger partial charge in [-0.3, -0.25) is 4.72 Å². The summed E-state index contributed by atoms with van der Waals surface area (Å²) in [6.07, 6.45) is 4.25. The van der Waals surface area contributed by atoms with Crippen molar-refractivity contribution in [2.75, 3.05) is 23.5 Å². The molecule has 4 rings (SSSR count). The van der Waals surface area contributed by atoms with E-state index in [9.17, 15) is 13.7 Å². The zero-order valence-corrected chi connectivity index (χ0v) is 21.1. The Hall–Kier alpha value is -3.06. The molecule has 0 saturated heterocycles. The minimum absolute atomic E-state index is 0.000120. The van der Waals surface area contributed by atoms with Crippen molar-refractivity contribution < 1.29 is 17.9 Å². The molecule has 0 fully saturated rings. The van der Waals surface area contributed by atoms with Crippen LogP contribution in [0.3, 0.4) is 0 Å². The second-order valence-corrected chi connectivity index (χ2v) is 10.5. The van der Waals surface area contributed by atoms with E-state index in [4.69, 9.17) is 32.7 Å². The van der Waals surface area contributed by atoms with E-state index in [1.165, 1.54) is 6.20 Å². The zero-order valence-electron chi connectivity index (χ0n) is 18.8. The molecule has 0 radical (unpaired) electrons. The summed E-state index contributed by atoms with van der Waals surface area (Å²) in [6, 6.07) is 13.4. The van der Waals surface area contributed by atoms with E-state index in [-0.39, 0.29) is 25.1 Å². The molecule has 0 unspecified atom stereocenters. The van der Waals surface area contributed by atoms with Crippen molar-refractivity contribution in [3.63, 3.8) is 0 Å². The Morgan fingerprint density at radius 3 is 2.80 bits per heavy atom. The first kappa shape index (κ1) is 25.0. The summed E-state index contributed by atoms with van der Waals surface area (Å²) in [5.74, 6) is 1.46. The van der Waals surface area contributed by atoms with Gasteiger partial charge in [-0.25, -0.2) is 18.4 Å². The summed E-state index contributed by atoms with van der Waals surface area (Å²) >= 11 is 12.1. The van der Waals surface area contributed by atoms with Crippen LogP contribution in [-0.4, -0.2) is 37.1 Å². The fourth-order valence-corrected chi connectivity index (χ4v) is 4.85. The number of ether oxygens (including phenoxy) is 2. The molecule has 3 aromatic rings. The molecule has 1 aliphatic rings. The lowest BCUT2D eigenvalue weighted by Gasteiger charge is -2.16. The van der Waals surface area contributed by atoms with Crippen LogP contribution < -0.4 is 14.2 Å². The van der Waals surface area contributed by atoms with Gasteiger partial charge in [-0.1, -0.05) is 17.7 Å². The van der Waals surface area contributed by atoms with E-state index < -0.39 is 10.0 Å². The second kappa shape index (κ2) is 10.7. The highest BCUT2D eigenvalue weighted by atomic mass is 35.5. The number of aromatic nitrogens is 2. The Balaban J connectivity index is 1.49. The molecule has 8 nitrogen and oxygen atoms in total. The van der Waals surface area contributed by atoms with Crippen LogP contribution in [0.25, 0.3) is 0 Å². The number of benzene rings is 2. The topological polar surface area (TPSA) is 114 Å². The van der Waals surface area contributed by atoms with E-state index in [0.717, 1.165) is 35.8 Å². The molecule has 35 heavy (non-hydrogen) atoms. The van der Waals surface area contributed by atoms with Gasteiger partial charge in [0.25, 0.3) is 0 Å². The molecule has 1 atom stereocenters. The van der Waals surface area contributed by atoms with Gasteiger partial charge in [0, 0.05) is 12.1 Å². The molecule has 0 spiro atoms. The van der Waals surface area contributed by atoms with Gasteiger partial charge in [0.05, 0.1) is 28.4 Å². The van der Waals surface area contributed by atoms with Gasteiger partial charge in [-0.2, -0.15) is 5.26 Å². The van der Waals surface area contributed by atoms with Gasteiger partial charge in [-0.05, 0) is 59.9 Å². The molecule has 2 aromatic carbocycles. The predicted molar refractivity (Wildman–Crippen MR) is 134 cm³/mol. The number of nitrogens with zero attached hydrogens (tertiary/aromatic N) is 3. The third-order valence-electron chi connectivity index (χ3n) is 5.48. The molecule has 0 aliphatic heterocycles. The number of alkyl halides is 1. The van der Waals surface area contributed by atoms with Gasteiger partial charge in [0.15, 0.2) is 5.75 Å². The van der Waals surface area contributed by atoms with Crippen LogP contribution in [-0.2, 0) is 23.1 Å². The van der Waals surface area contributed by atoms with E-state index in [1.54, 1.807) is 6.07 Å². The first-order valence-electron chi connectivity index (χ1n) is 10.7. The number of nitrogens with one attached hydrogen (secondary N) is 1. The van der Waals surface area contributed by atoms with E-state index in [1.807, 2.05) is 30.3 Å². The third-order valence-corrected chi connectivity index (χ3v) is 6.47. The standard InChI is InChI=1S/C24H22Cl2N4O4S/c1-35(31,32)30-24-28-8-6-18(29-24)14-34-19-3-5-20-15(11-19)2-4-21(20)16-10-17(13-27)23(22(26)12-16)33-9-7-25/h3,5-6,8,10-12,21H,2,4,7,9,14H2,1H3,(H,28,29,30)/t21-/m1/s1. The van der Waals surface area contributed by atoms with Crippen LogP contribution in [0, 0.1) is 11.3 Å². The van der Waals surface area contributed by atoms with Gasteiger partial charge in [0.2, 0.25) is 16.0 Å². The highest BCUT2D eigenvalue weighted by Gasteiger charge is 2.26. The molecule has 182 valence electrons. The molecule has 1 heterocycles. The Morgan fingerprint density at radius 2 is 2.06 bits per heavy atom. The normalized spacial score (nSPS) is 14.7. The van der Waals surface area contributed by atoms with Gasteiger partial charge < -0.3 is 9.47 Å². The minimum atomic E-state index is -3.46. The maximum absolute atomic E-state index is 11.4. The van der Waals surface area contributed by atoms with E-state index >= 15 is 0 Å². The minimum Gasteiger partial charge on any atom is -0.489 e. The fourth-order valence-electron chi connectivity index (χ4n) is 4.06. The van der Waals surface area contributed by atoms with Crippen molar-refractivity contribution in [2.24, 2.45) is 0 Å². The SMILES string of the molecule is CS(=O)(=O)Nc1nccc(COc2ccc3c(c2)CC[C@@H]3c2cc(Cl)c(OCCCl)c(C#N)c2)n1. The summed E-state index contributed by atoms with van der Waals surface area (Å²) < 4.78 is 36.5. The number of halogens is 2. The molecule has 1 N–H and O–H groups in total. The number of rotatable bonds is 9. The first-order chi connectivity index (χ1) is 16.8. The summed E-state index contributed by atoms with van der Waals surface area (Å²) in [6.45, 7) is 0.433. The summed E-state index contributed by atoms with van der Waals surface area (Å²) in [4.78, 5) is 8.07. The van der Waals surface area contributed by atoms with Crippen LogP contribution >= 0.6 is 23.2 Å². The lowest BCUT2D eigenvalue weighted by Crippen LogP contribution is -2.13. The number of nitriles is 1. The monoisotopic (exact) mass is 532 g/mol. The molecule has 0 amide bonds. The molecular formula is C24H22Cl2N4O4S.